The normalized spacial score (nSPS) is 15.9. The van der Waals surface area contributed by atoms with E-state index in [0.29, 0.717) is 19.3 Å². The number of rotatable bonds is 7. The Kier molecular flexibility index (Phi) is 6.59. The maximum Gasteiger partial charge on any atom is 0.427 e. The lowest BCUT2D eigenvalue weighted by molar-refractivity contribution is -0.213. The van der Waals surface area contributed by atoms with E-state index >= 15 is 0 Å². The number of Topliss-reactive ketones (excluding diaryl/α,β-unsaturated/α-hetero) is 1. The van der Waals surface area contributed by atoms with E-state index < -0.39 is 12.4 Å². The zero-order valence-corrected chi connectivity index (χ0v) is 9.47. The summed E-state index contributed by atoms with van der Waals surface area (Å²) in [6.45, 7) is 3.39. The Morgan fingerprint density at radius 3 is 2.38 bits per heavy atom. The van der Waals surface area contributed by atoms with Gasteiger partial charge >= 0.3 is 6.18 Å². The van der Waals surface area contributed by atoms with Crippen LogP contribution in [0, 0.1) is 5.92 Å². The van der Waals surface area contributed by atoms with E-state index in [1.165, 1.54) is 6.92 Å². The molecular formula is C10H18F3NO2. The van der Waals surface area contributed by atoms with Crippen molar-refractivity contribution < 1.29 is 23.1 Å². The molecule has 0 aliphatic carbocycles. The fourth-order valence-electron chi connectivity index (χ4n) is 1.40. The van der Waals surface area contributed by atoms with Crippen LogP contribution in [0.25, 0.3) is 0 Å². The molecule has 0 aliphatic heterocycles. The maximum absolute atomic E-state index is 11.9. The monoisotopic (exact) mass is 241 g/mol. The molecule has 0 rings (SSSR count). The zero-order chi connectivity index (χ0) is 12.8. The third-order valence-electron chi connectivity index (χ3n) is 2.44. The second kappa shape index (κ2) is 6.85. The minimum Gasteiger partial charge on any atom is -0.370 e. The van der Waals surface area contributed by atoms with Gasteiger partial charge in [0.1, 0.15) is 5.78 Å². The van der Waals surface area contributed by atoms with Gasteiger partial charge in [-0.15, -0.1) is 0 Å². The van der Waals surface area contributed by atoms with Crippen LogP contribution < -0.4 is 5.32 Å². The van der Waals surface area contributed by atoms with Crippen LogP contribution >= 0.6 is 0 Å². The summed E-state index contributed by atoms with van der Waals surface area (Å²) in [6, 6.07) is 0. The van der Waals surface area contributed by atoms with Crippen molar-refractivity contribution in [1.29, 1.82) is 0 Å². The second-order valence-corrected chi connectivity index (χ2v) is 3.76. The number of carbonyl (C=O) groups is 1. The van der Waals surface area contributed by atoms with Crippen LogP contribution in [0.4, 0.5) is 13.2 Å². The van der Waals surface area contributed by atoms with Crippen molar-refractivity contribution >= 4 is 5.78 Å². The summed E-state index contributed by atoms with van der Waals surface area (Å²) in [5.74, 6) is -0.0382. The quantitative estimate of drug-likeness (QED) is 0.528. The fraction of sp³-hybridized carbons (Fsp3) is 0.900. The van der Waals surface area contributed by atoms with Crippen molar-refractivity contribution in [3.05, 3.63) is 0 Å². The number of aliphatic hydroxyl groups is 1. The molecule has 0 saturated carbocycles. The van der Waals surface area contributed by atoms with Gasteiger partial charge in [-0.25, -0.2) is 0 Å². The van der Waals surface area contributed by atoms with Crippen molar-refractivity contribution in [2.75, 3.05) is 6.54 Å². The largest absolute Gasteiger partial charge is 0.427 e. The van der Waals surface area contributed by atoms with Crippen molar-refractivity contribution in [3.63, 3.8) is 0 Å². The highest BCUT2D eigenvalue weighted by Gasteiger charge is 2.37. The molecule has 0 amide bonds. The second-order valence-electron chi connectivity index (χ2n) is 3.76. The Hall–Kier alpha value is -0.620. The van der Waals surface area contributed by atoms with Crippen molar-refractivity contribution in [2.45, 2.75) is 45.5 Å². The van der Waals surface area contributed by atoms with Crippen LogP contribution in [0.1, 0.15) is 33.1 Å². The molecule has 0 aromatic rings. The van der Waals surface area contributed by atoms with Gasteiger partial charge in [0.2, 0.25) is 6.23 Å². The maximum atomic E-state index is 11.9. The summed E-state index contributed by atoms with van der Waals surface area (Å²) in [7, 11) is 0. The zero-order valence-electron chi connectivity index (χ0n) is 9.47. The van der Waals surface area contributed by atoms with Crippen LogP contribution in [0.3, 0.4) is 0 Å². The molecule has 6 heteroatoms. The van der Waals surface area contributed by atoms with Crippen molar-refractivity contribution in [1.82, 2.24) is 5.32 Å². The highest BCUT2D eigenvalue weighted by Crippen LogP contribution is 2.18. The average molecular weight is 241 g/mol. The summed E-state index contributed by atoms with van der Waals surface area (Å²) in [5, 5.41) is 10.6. The standard InChI is InChI=1S/C10H18F3NO2/c1-3-8(7(2)15)5-4-6-14-9(16)10(11,12)13/h8-9,14,16H,3-6H2,1-2H3. The smallest absolute Gasteiger partial charge is 0.370 e. The van der Waals surface area contributed by atoms with Gasteiger partial charge < -0.3 is 5.11 Å². The van der Waals surface area contributed by atoms with Crippen LogP contribution in [0.15, 0.2) is 0 Å². The lowest BCUT2D eigenvalue weighted by Gasteiger charge is -2.16. The number of alkyl halides is 3. The summed E-state index contributed by atoms with van der Waals surface area (Å²) >= 11 is 0. The van der Waals surface area contributed by atoms with Crippen LogP contribution in [0.2, 0.25) is 0 Å². The van der Waals surface area contributed by atoms with Gasteiger partial charge in [-0.3, -0.25) is 10.1 Å². The molecule has 0 spiro atoms. The van der Waals surface area contributed by atoms with Crippen LogP contribution in [-0.2, 0) is 4.79 Å². The molecule has 0 heterocycles. The predicted octanol–water partition coefficient (Wildman–Crippen LogP) is 1.85. The lowest BCUT2D eigenvalue weighted by atomic mass is 9.96. The molecular weight excluding hydrogens is 223 g/mol. The van der Waals surface area contributed by atoms with Gasteiger partial charge in [0.25, 0.3) is 0 Å². The minimum atomic E-state index is -4.63. The molecule has 0 saturated heterocycles. The topological polar surface area (TPSA) is 49.3 Å². The van der Waals surface area contributed by atoms with Gasteiger partial charge in [-0.05, 0) is 32.7 Å². The Morgan fingerprint density at radius 2 is 2.00 bits per heavy atom. The van der Waals surface area contributed by atoms with Gasteiger partial charge in [0, 0.05) is 5.92 Å². The Bertz CT molecular complexity index is 219. The Labute approximate surface area is 93.0 Å². The van der Waals surface area contributed by atoms with Crippen LogP contribution in [0.5, 0.6) is 0 Å². The molecule has 2 unspecified atom stereocenters. The van der Waals surface area contributed by atoms with Crippen LogP contribution in [-0.4, -0.2) is 29.8 Å². The SMILES string of the molecule is CCC(CCCNC(O)C(F)(F)F)C(C)=O. The first-order valence-electron chi connectivity index (χ1n) is 5.27. The number of halogens is 3. The summed E-state index contributed by atoms with van der Waals surface area (Å²) < 4.78 is 35.6. The number of carbonyl (C=O) groups excluding carboxylic acids is 1. The fourth-order valence-corrected chi connectivity index (χ4v) is 1.40. The van der Waals surface area contributed by atoms with Crippen molar-refractivity contribution in [2.24, 2.45) is 5.92 Å². The summed E-state index contributed by atoms with van der Waals surface area (Å²) in [6.07, 6.45) is -5.44. The molecule has 0 aliphatic rings. The van der Waals surface area contributed by atoms with E-state index in [1.807, 2.05) is 12.2 Å². The number of nitrogens with one attached hydrogen (secondary N) is 1. The van der Waals surface area contributed by atoms with E-state index in [0.717, 1.165) is 0 Å². The molecule has 0 aromatic carbocycles. The number of ketones is 1. The molecule has 2 N–H and O–H groups in total. The van der Waals surface area contributed by atoms with E-state index in [-0.39, 0.29) is 18.2 Å². The summed E-state index contributed by atoms with van der Waals surface area (Å²) in [4.78, 5) is 11.0. The first kappa shape index (κ1) is 15.4. The van der Waals surface area contributed by atoms with Crippen molar-refractivity contribution in [3.8, 4) is 0 Å². The number of hydrogen-bond donors (Lipinski definition) is 2. The molecule has 16 heavy (non-hydrogen) atoms. The highest BCUT2D eigenvalue weighted by atomic mass is 19.4. The van der Waals surface area contributed by atoms with E-state index in [1.54, 1.807) is 0 Å². The number of hydrogen-bond acceptors (Lipinski definition) is 3. The molecule has 0 radical (unpaired) electrons. The van der Waals surface area contributed by atoms with E-state index in [2.05, 4.69) is 0 Å². The predicted molar refractivity (Wildman–Crippen MR) is 53.8 cm³/mol. The van der Waals surface area contributed by atoms with Gasteiger partial charge in [0.05, 0.1) is 0 Å². The molecule has 3 nitrogen and oxygen atoms in total. The Morgan fingerprint density at radius 1 is 1.44 bits per heavy atom. The van der Waals surface area contributed by atoms with E-state index in [9.17, 15) is 18.0 Å². The molecule has 0 bridgehead atoms. The summed E-state index contributed by atoms with van der Waals surface area (Å²) in [5.41, 5.74) is 0. The molecule has 0 fully saturated rings. The van der Waals surface area contributed by atoms with Gasteiger partial charge in [-0.1, -0.05) is 6.92 Å². The average Bonchev–Trinajstić information content (AvgIpc) is 2.15. The molecule has 2 atom stereocenters. The Balaban J connectivity index is 3.72. The molecule has 0 aromatic heterocycles. The first-order chi connectivity index (χ1) is 7.29. The van der Waals surface area contributed by atoms with E-state index in [4.69, 9.17) is 5.11 Å². The van der Waals surface area contributed by atoms with Gasteiger partial charge in [0.15, 0.2) is 0 Å². The third-order valence-corrected chi connectivity index (χ3v) is 2.44. The lowest BCUT2D eigenvalue weighted by Crippen LogP contribution is -2.42. The molecule has 96 valence electrons. The third kappa shape index (κ3) is 6.07. The first-order valence-corrected chi connectivity index (χ1v) is 5.27. The minimum absolute atomic E-state index is 0.0461. The van der Waals surface area contributed by atoms with Gasteiger partial charge in [-0.2, -0.15) is 13.2 Å². The number of aliphatic hydroxyl groups excluding tert-OH is 1. The highest BCUT2D eigenvalue weighted by molar-refractivity contribution is 5.78.